The minimum Gasteiger partial charge on any atom is -0.508 e. The Morgan fingerprint density at radius 2 is 1.56 bits per heavy atom. The first-order chi connectivity index (χ1) is 7.77. The molecule has 1 nitrogen and oxygen atoms in total. The highest BCUT2D eigenvalue weighted by Crippen LogP contribution is 2.25. The SMILES string of the molecule is CC.Cc1ccccc1-c1cccc(O)c1. The molecule has 0 aromatic heterocycles. The van der Waals surface area contributed by atoms with E-state index in [1.807, 2.05) is 38.1 Å². The van der Waals surface area contributed by atoms with Gasteiger partial charge in [0.1, 0.15) is 5.75 Å². The van der Waals surface area contributed by atoms with Crippen LogP contribution in [-0.2, 0) is 0 Å². The van der Waals surface area contributed by atoms with Crippen molar-refractivity contribution >= 4 is 0 Å². The quantitative estimate of drug-likeness (QED) is 0.746. The van der Waals surface area contributed by atoms with Crippen LogP contribution in [0.5, 0.6) is 5.75 Å². The van der Waals surface area contributed by atoms with Gasteiger partial charge in [-0.05, 0) is 35.7 Å². The Morgan fingerprint density at radius 1 is 0.875 bits per heavy atom. The normalized spacial score (nSPS) is 9.19. The second kappa shape index (κ2) is 5.96. The van der Waals surface area contributed by atoms with Gasteiger partial charge in [-0.15, -0.1) is 0 Å². The Morgan fingerprint density at radius 3 is 2.19 bits per heavy atom. The van der Waals surface area contributed by atoms with Crippen molar-refractivity contribution < 1.29 is 5.11 Å². The number of phenolic OH excluding ortho intramolecular Hbond substituents is 1. The molecule has 84 valence electrons. The molecule has 0 bridgehead atoms. The van der Waals surface area contributed by atoms with Crippen LogP contribution in [0.1, 0.15) is 19.4 Å². The van der Waals surface area contributed by atoms with Gasteiger partial charge in [0.15, 0.2) is 0 Å². The number of rotatable bonds is 1. The summed E-state index contributed by atoms with van der Waals surface area (Å²) < 4.78 is 0. The van der Waals surface area contributed by atoms with Crippen LogP contribution in [0.15, 0.2) is 48.5 Å². The molecule has 2 rings (SSSR count). The van der Waals surface area contributed by atoms with Gasteiger partial charge in [-0.25, -0.2) is 0 Å². The largest absolute Gasteiger partial charge is 0.508 e. The van der Waals surface area contributed by atoms with E-state index in [-0.39, 0.29) is 0 Å². The highest BCUT2D eigenvalue weighted by molar-refractivity contribution is 5.68. The number of aryl methyl sites for hydroxylation is 1. The Kier molecular flexibility index (Phi) is 4.59. The van der Waals surface area contributed by atoms with E-state index >= 15 is 0 Å². The van der Waals surface area contributed by atoms with Crippen molar-refractivity contribution in [2.24, 2.45) is 0 Å². The van der Waals surface area contributed by atoms with Gasteiger partial charge in [-0.2, -0.15) is 0 Å². The van der Waals surface area contributed by atoms with Crippen LogP contribution in [0.4, 0.5) is 0 Å². The minimum absolute atomic E-state index is 0.311. The summed E-state index contributed by atoms with van der Waals surface area (Å²) in [4.78, 5) is 0. The van der Waals surface area contributed by atoms with E-state index in [4.69, 9.17) is 0 Å². The second-order valence-electron chi connectivity index (χ2n) is 3.37. The van der Waals surface area contributed by atoms with Crippen LogP contribution in [-0.4, -0.2) is 5.11 Å². The van der Waals surface area contributed by atoms with Crippen molar-refractivity contribution in [1.82, 2.24) is 0 Å². The van der Waals surface area contributed by atoms with E-state index in [9.17, 15) is 5.11 Å². The summed E-state index contributed by atoms with van der Waals surface area (Å²) in [5.74, 6) is 0.311. The molecule has 0 aliphatic carbocycles. The third-order valence-electron chi connectivity index (χ3n) is 2.30. The summed E-state index contributed by atoms with van der Waals surface area (Å²) in [5.41, 5.74) is 3.45. The van der Waals surface area contributed by atoms with E-state index in [2.05, 4.69) is 19.1 Å². The van der Waals surface area contributed by atoms with Gasteiger partial charge in [0.05, 0.1) is 0 Å². The van der Waals surface area contributed by atoms with Crippen molar-refractivity contribution in [2.45, 2.75) is 20.8 Å². The van der Waals surface area contributed by atoms with Crippen LogP contribution in [0.2, 0.25) is 0 Å². The molecule has 0 unspecified atom stereocenters. The number of hydrogen-bond donors (Lipinski definition) is 1. The number of hydrogen-bond acceptors (Lipinski definition) is 1. The maximum atomic E-state index is 9.37. The zero-order valence-corrected chi connectivity index (χ0v) is 10.1. The van der Waals surface area contributed by atoms with Crippen LogP contribution in [0, 0.1) is 6.92 Å². The first kappa shape index (κ1) is 12.3. The molecular formula is C15H18O. The predicted molar refractivity (Wildman–Crippen MR) is 69.6 cm³/mol. The molecule has 0 fully saturated rings. The first-order valence-electron chi connectivity index (χ1n) is 5.62. The predicted octanol–water partition coefficient (Wildman–Crippen LogP) is 4.39. The summed E-state index contributed by atoms with van der Waals surface area (Å²) in [6.45, 7) is 6.07. The molecule has 2 aromatic rings. The summed E-state index contributed by atoms with van der Waals surface area (Å²) in [6.07, 6.45) is 0. The lowest BCUT2D eigenvalue weighted by Gasteiger charge is -2.05. The van der Waals surface area contributed by atoms with Crippen molar-refractivity contribution in [3.05, 3.63) is 54.1 Å². The fraction of sp³-hybridized carbons (Fsp3) is 0.200. The van der Waals surface area contributed by atoms with Gasteiger partial charge in [-0.3, -0.25) is 0 Å². The summed E-state index contributed by atoms with van der Waals surface area (Å²) >= 11 is 0. The van der Waals surface area contributed by atoms with Crippen molar-refractivity contribution in [2.75, 3.05) is 0 Å². The third kappa shape index (κ3) is 2.86. The summed E-state index contributed by atoms with van der Waals surface area (Å²) in [7, 11) is 0. The van der Waals surface area contributed by atoms with Crippen LogP contribution in [0.3, 0.4) is 0 Å². The second-order valence-corrected chi connectivity index (χ2v) is 3.37. The molecule has 0 heterocycles. The van der Waals surface area contributed by atoms with E-state index in [0.717, 1.165) is 5.56 Å². The van der Waals surface area contributed by atoms with Crippen molar-refractivity contribution in [3.8, 4) is 16.9 Å². The van der Waals surface area contributed by atoms with Gasteiger partial charge >= 0.3 is 0 Å². The molecule has 0 radical (unpaired) electrons. The molecule has 1 heteroatoms. The highest BCUT2D eigenvalue weighted by Gasteiger charge is 2.00. The molecule has 2 aromatic carbocycles. The zero-order chi connectivity index (χ0) is 12.0. The average molecular weight is 214 g/mol. The maximum absolute atomic E-state index is 9.37. The van der Waals surface area contributed by atoms with Crippen molar-refractivity contribution in [1.29, 1.82) is 0 Å². The molecule has 1 N–H and O–H groups in total. The number of aromatic hydroxyl groups is 1. The Bertz CT molecular complexity index is 447. The van der Waals surface area contributed by atoms with Gasteiger partial charge in [0, 0.05) is 0 Å². The molecule has 0 aliphatic rings. The van der Waals surface area contributed by atoms with Crippen molar-refractivity contribution in [3.63, 3.8) is 0 Å². The molecule has 0 atom stereocenters. The monoisotopic (exact) mass is 214 g/mol. The van der Waals surface area contributed by atoms with Crippen LogP contribution in [0.25, 0.3) is 11.1 Å². The number of benzene rings is 2. The molecular weight excluding hydrogens is 196 g/mol. The molecule has 0 saturated carbocycles. The van der Waals surface area contributed by atoms with E-state index in [1.165, 1.54) is 11.1 Å². The Balaban J connectivity index is 0.000000606. The number of phenols is 1. The van der Waals surface area contributed by atoms with Crippen LogP contribution >= 0.6 is 0 Å². The highest BCUT2D eigenvalue weighted by atomic mass is 16.3. The van der Waals surface area contributed by atoms with Gasteiger partial charge in [0.25, 0.3) is 0 Å². The van der Waals surface area contributed by atoms with E-state index in [0.29, 0.717) is 5.75 Å². The molecule has 0 aliphatic heterocycles. The van der Waals surface area contributed by atoms with Gasteiger partial charge in [0.2, 0.25) is 0 Å². The lowest BCUT2D eigenvalue weighted by Crippen LogP contribution is -1.81. The van der Waals surface area contributed by atoms with Gasteiger partial charge < -0.3 is 5.11 Å². The Hall–Kier alpha value is -1.76. The van der Waals surface area contributed by atoms with Gasteiger partial charge in [-0.1, -0.05) is 50.2 Å². The average Bonchev–Trinajstić information content (AvgIpc) is 2.32. The first-order valence-corrected chi connectivity index (χ1v) is 5.62. The summed E-state index contributed by atoms with van der Waals surface area (Å²) in [5, 5.41) is 9.37. The smallest absolute Gasteiger partial charge is 0.116 e. The molecule has 0 amide bonds. The standard InChI is InChI=1S/C13H12O.C2H6/c1-10-5-2-3-8-13(10)11-6-4-7-12(14)9-11;1-2/h2-9,14H,1H3;1-2H3. The lowest BCUT2D eigenvalue weighted by molar-refractivity contribution is 0.475. The fourth-order valence-corrected chi connectivity index (χ4v) is 1.57. The topological polar surface area (TPSA) is 20.2 Å². The fourth-order valence-electron chi connectivity index (χ4n) is 1.57. The third-order valence-corrected chi connectivity index (χ3v) is 2.30. The minimum atomic E-state index is 0.311. The van der Waals surface area contributed by atoms with E-state index < -0.39 is 0 Å². The summed E-state index contributed by atoms with van der Waals surface area (Å²) in [6, 6.07) is 15.5. The Labute approximate surface area is 97.4 Å². The molecule has 0 spiro atoms. The zero-order valence-electron chi connectivity index (χ0n) is 10.1. The van der Waals surface area contributed by atoms with E-state index in [1.54, 1.807) is 12.1 Å². The molecule has 0 saturated heterocycles. The maximum Gasteiger partial charge on any atom is 0.116 e. The molecule has 16 heavy (non-hydrogen) atoms. The lowest BCUT2D eigenvalue weighted by atomic mass is 10.0. The van der Waals surface area contributed by atoms with Crippen LogP contribution < -0.4 is 0 Å².